The molecule has 0 aromatic rings. The summed E-state index contributed by atoms with van der Waals surface area (Å²) < 4.78 is 39.3. The minimum absolute atomic E-state index is 0.243. The second kappa shape index (κ2) is 5.91. The van der Waals surface area contributed by atoms with Gasteiger partial charge in [-0.05, 0) is 0 Å². The highest BCUT2D eigenvalue weighted by atomic mass is 28.3. The maximum absolute atomic E-state index is 12.7. The molecule has 0 fully saturated rings. The van der Waals surface area contributed by atoms with Crippen LogP contribution in [0.3, 0.4) is 0 Å². The number of hydrogen-bond acceptors (Lipinski definition) is 3. The van der Waals surface area contributed by atoms with Crippen LogP contribution in [0.2, 0.25) is 39.3 Å². The van der Waals surface area contributed by atoms with Crippen molar-refractivity contribution < 1.29 is 27.6 Å². The predicted molar refractivity (Wildman–Crippen MR) is 77.5 cm³/mol. The van der Waals surface area contributed by atoms with E-state index in [4.69, 9.17) is 0 Å². The first-order valence-electron chi connectivity index (χ1n) is 6.27. The Hall–Kier alpha value is -1.17. The molecule has 0 spiro atoms. The Bertz CT molecular complexity index is 453. The Balaban J connectivity index is 5.93. The number of hydrogen-bond donors (Lipinski definition) is 0. The Labute approximate surface area is 124 Å². The van der Waals surface area contributed by atoms with Gasteiger partial charge in [0.1, 0.15) is 0 Å². The number of urea groups is 1. The summed E-state index contributed by atoms with van der Waals surface area (Å²) in [6.07, 6.45) is -5.15. The first-order chi connectivity index (χ1) is 9.01. The SMILES string of the molecule is CC(=O)N(C(=O)N(C(=O)C(F)(F)F)[Si](C)(C)C)[Si](C)(C)C. The smallest absolute Gasteiger partial charge is 0.295 e. The zero-order valence-corrected chi connectivity index (χ0v) is 15.3. The van der Waals surface area contributed by atoms with Crippen LogP contribution in [-0.2, 0) is 9.59 Å². The molecule has 0 rings (SSSR count). The fourth-order valence-electron chi connectivity index (χ4n) is 1.80. The van der Waals surface area contributed by atoms with Gasteiger partial charge in [0.15, 0.2) is 16.5 Å². The molecule has 0 bridgehead atoms. The monoisotopic (exact) mass is 342 g/mol. The van der Waals surface area contributed by atoms with E-state index in [1.165, 1.54) is 19.6 Å². The Morgan fingerprint density at radius 1 is 0.810 bits per heavy atom. The van der Waals surface area contributed by atoms with Crippen LogP contribution in [-0.4, -0.2) is 49.6 Å². The van der Waals surface area contributed by atoms with Gasteiger partial charge in [0, 0.05) is 6.92 Å². The van der Waals surface area contributed by atoms with Gasteiger partial charge in [0.05, 0.1) is 0 Å². The van der Waals surface area contributed by atoms with Gasteiger partial charge >= 0.3 is 18.1 Å². The van der Waals surface area contributed by atoms with E-state index in [0.717, 1.165) is 11.5 Å². The van der Waals surface area contributed by atoms with Crippen LogP contribution in [0.1, 0.15) is 6.92 Å². The summed E-state index contributed by atoms with van der Waals surface area (Å²) in [6, 6.07) is -1.16. The molecule has 0 aliphatic carbocycles. The Kier molecular flexibility index (Phi) is 5.58. The number of alkyl halides is 3. The minimum Gasteiger partial charge on any atom is -0.295 e. The average Bonchev–Trinajstić information content (AvgIpc) is 2.09. The fourth-order valence-corrected chi connectivity index (χ4v) is 4.93. The molecular formula is C11H21F3N2O3Si2. The summed E-state index contributed by atoms with van der Waals surface area (Å²) in [7, 11) is -5.53. The average molecular weight is 342 g/mol. The van der Waals surface area contributed by atoms with Gasteiger partial charge in [-0.15, -0.1) is 0 Å². The van der Waals surface area contributed by atoms with Crippen molar-refractivity contribution in [2.45, 2.75) is 52.4 Å². The minimum atomic E-state index is -5.15. The third-order valence-electron chi connectivity index (χ3n) is 2.48. The molecule has 0 saturated heterocycles. The van der Waals surface area contributed by atoms with E-state index in [1.807, 2.05) is 0 Å². The second-order valence-electron chi connectivity index (χ2n) is 6.62. The molecular weight excluding hydrogens is 321 g/mol. The van der Waals surface area contributed by atoms with E-state index < -0.39 is 40.5 Å². The van der Waals surface area contributed by atoms with Gasteiger partial charge in [-0.2, -0.15) is 13.2 Å². The molecule has 10 heteroatoms. The van der Waals surface area contributed by atoms with Crippen molar-refractivity contribution >= 4 is 34.3 Å². The molecule has 0 aliphatic rings. The lowest BCUT2D eigenvalue weighted by molar-refractivity contribution is -0.178. The highest BCUT2D eigenvalue weighted by molar-refractivity contribution is 6.81. The van der Waals surface area contributed by atoms with E-state index in [9.17, 15) is 27.6 Å². The molecule has 0 aliphatic heterocycles. The van der Waals surface area contributed by atoms with E-state index in [-0.39, 0.29) is 4.57 Å². The summed E-state index contributed by atoms with van der Waals surface area (Å²) in [4.78, 5) is 35.7. The van der Waals surface area contributed by atoms with E-state index in [0.29, 0.717) is 0 Å². The lowest BCUT2D eigenvalue weighted by atomic mass is 10.6. The molecule has 0 aromatic carbocycles. The topological polar surface area (TPSA) is 57.7 Å². The second-order valence-corrected chi connectivity index (χ2v) is 16.2. The Morgan fingerprint density at radius 3 is 1.33 bits per heavy atom. The lowest BCUT2D eigenvalue weighted by Gasteiger charge is -2.40. The standard InChI is InChI=1S/C11H21F3N2O3Si2/c1-8(17)15(20(2,3)4)10(19)16(21(5,6)7)9(18)11(12,13)14/h1-7H3. The third-order valence-corrected chi connectivity index (χ3v) is 6.07. The van der Waals surface area contributed by atoms with Crippen molar-refractivity contribution in [3.8, 4) is 0 Å². The fraction of sp³-hybridized carbons (Fsp3) is 0.727. The summed E-state index contributed by atoms with van der Waals surface area (Å²) >= 11 is 0. The summed E-state index contributed by atoms with van der Waals surface area (Å²) in [5, 5.41) is 0. The lowest BCUT2D eigenvalue weighted by Crippen LogP contribution is -2.65. The van der Waals surface area contributed by atoms with Crippen LogP contribution in [0.25, 0.3) is 0 Å². The molecule has 5 nitrogen and oxygen atoms in total. The van der Waals surface area contributed by atoms with Gasteiger partial charge in [0.25, 0.3) is 0 Å². The molecule has 0 unspecified atom stereocenters. The van der Waals surface area contributed by atoms with Crippen molar-refractivity contribution in [1.29, 1.82) is 0 Å². The number of nitrogens with zero attached hydrogens (tertiary/aromatic N) is 2. The maximum Gasteiger partial charge on any atom is 0.471 e. The third kappa shape index (κ3) is 4.95. The van der Waals surface area contributed by atoms with Gasteiger partial charge in [0.2, 0.25) is 5.91 Å². The van der Waals surface area contributed by atoms with E-state index in [1.54, 1.807) is 19.6 Å². The van der Waals surface area contributed by atoms with Crippen LogP contribution >= 0.6 is 0 Å². The van der Waals surface area contributed by atoms with Gasteiger partial charge in [-0.1, -0.05) is 39.3 Å². The normalized spacial score (nSPS) is 12.9. The molecule has 0 aromatic heterocycles. The highest BCUT2D eigenvalue weighted by Crippen LogP contribution is 2.25. The quantitative estimate of drug-likeness (QED) is 0.725. The predicted octanol–water partition coefficient (Wildman–Crippen LogP) is 3.02. The van der Waals surface area contributed by atoms with E-state index in [2.05, 4.69) is 0 Å². The van der Waals surface area contributed by atoms with Crippen LogP contribution in [0.4, 0.5) is 18.0 Å². The van der Waals surface area contributed by atoms with Crippen molar-refractivity contribution in [2.24, 2.45) is 0 Å². The summed E-state index contributed by atoms with van der Waals surface area (Å²) in [5.41, 5.74) is 0. The number of halogens is 3. The first-order valence-corrected chi connectivity index (χ1v) is 13.2. The first kappa shape index (κ1) is 19.8. The Morgan fingerprint density at radius 2 is 1.14 bits per heavy atom. The van der Waals surface area contributed by atoms with Crippen molar-refractivity contribution in [1.82, 2.24) is 9.13 Å². The number of carbonyl (C=O) groups is 3. The van der Waals surface area contributed by atoms with Gasteiger partial charge in [-0.25, -0.2) is 4.79 Å². The van der Waals surface area contributed by atoms with Crippen LogP contribution in [0.15, 0.2) is 0 Å². The van der Waals surface area contributed by atoms with Crippen molar-refractivity contribution in [3.05, 3.63) is 0 Å². The van der Waals surface area contributed by atoms with Crippen LogP contribution in [0.5, 0.6) is 0 Å². The maximum atomic E-state index is 12.7. The highest BCUT2D eigenvalue weighted by Gasteiger charge is 2.51. The molecule has 0 radical (unpaired) electrons. The molecule has 0 saturated carbocycles. The largest absolute Gasteiger partial charge is 0.471 e. The van der Waals surface area contributed by atoms with Crippen LogP contribution < -0.4 is 0 Å². The van der Waals surface area contributed by atoms with E-state index >= 15 is 0 Å². The van der Waals surface area contributed by atoms with Crippen LogP contribution in [0, 0.1) is 0 Å². The molecule has 122 valence electrons. The van der Waals surface area contributed by atoms with Gasteiger partial charge in [-0.3, -0.25) is 18.7 Å². The van der Waals surface area contributed by atoms with Crippen molar-refractivity contribution in [3.63, 3.8) is 0 Å². The summed E-state index contributed by atoms with van der Waals surface area (Å²) in [5.74, 6) is -2.87. The molecule has 0 heterocycles. The molecule has 4 amide bonds. The zero-order valence-electron chi connectivity index (χ0n) is 13.3. The summed E-state index contributed by atoms with van der Waals surface area (Å²) in [6.45, 7) is 10.4. The molecule has 21 heavy (non-hydrogen) atoms. The zero-order chi connectivity index (χ0) is 17.4. The van der Waals surface area contributed by atoms with Gasteiger partial charge < -0.3 is 0 Å². The van der Waals surface area contributed by atoms with Crippen molar-refractivity contribution in [2.75, 3.05) is 0 Å². The molecule has 0 N–H and O–H groups in total. The molecule has 0 atom stereocenters. The number of amides is 4. The number of imide groups is 2. The number of rotatable bonds is 2. The number of carbonyl (C=O) groups excluding carboxylic acids is 3.